The van der Waals surface area contributed by atoms with Crippen LogP contribution in [0.15, 0.2) is 82.3 Å². The lowest BCUT2D eigenvalue weighted by Gasteiger charge is -2.24. The summed E-state index contributed by atoms with van der Waals surface area (Å²) in [6.45, 7) is 1.73. The van der Waals surface area contributed by atoms with Gasteiger partial charge in [0.25, 0.3) is 10.0 Å². The molecule has 3 rings (SSSR count). The predicted octanol–water partition coefficient (Wildman–Crippen LogP) is 3.10. The zero-order valence-electron chi connectivity index (χ0n) is 14.8. The van der Waals surface area contributed by atoms with E-state index < -0.39 is 15.9 Å². The van der Waals surface area contributed by atoms with Crippen molar-refractivity contribution < 1.29 is 17.6 Å². The van der Waals surface area contributed by atoms with Crippen molar-refractivity contribution >= 4 is 21.6 Å². The van der Waals surface area contributed by atoms with Gasteiger partial charge in [0.05, 0.1) is 23.4 Å². The monoisotopic (exact) mass is 384 g/mol. The number of hydrogen-bond donors (Lipinski definition) is 1. The highest BCUT2D eigenvalue weighted by molar-refractivity contribution is 7.92. The summed E-state index contributed by atoms with van der Waals surface area (Å²) in [6.07, 6.45) is 1.51. The van der Waals surface area contributed by atoms with Gasteiger partial charge in [-0.05, 0) is 48.9 Å². The number of nitrogens with one attached hydrogen (secondary N) is 1. The molecule has 0 fully saturated rings. The van der Waals surface area contributed by atoms with Gasteiger partial charge in [-0.25, -0.2) is 8.42 Å². The highest BCUT2D eigenvalue weighted by Gasteiger charge is 2.27. The first kappa shape index (κ1) is 18.7. The molecule has 3 aromatic rings. The molecule has 140 valence electrons. The van der Waals surface area contributed by atoms with E-state index >= 15 is 0 Å². The van der Waals surface area contributed by atoms with E-state index in [2.05, 4.69) is 5.32 Å². The Morgan fingerprint density at radius 1 is 1.04 bits per heavy atom. The summed E-state index contributed by atoms with van der Waals surface area (Å²) in [5, 5.41) is 2.68. The van der Waals surface area contributed by atoms with Crippen molar-refractivity contribution in [3.8, 4) is 0 Å². The van der Waals surface area contributed by atoms with E-state index in [1.165, 1.54) is 18.4 Å². The number of carbonyl (C=O) groups excluding carboxylic acids is 1. The summed E-state index contributed by atoms with van der Waals surface area (Å²) >= 11 is 0. The number of amides is 1. The van der Waals surface area contributed by atoms with Crippen molar-refractivity contribution in [2.75, 3.05) is 10.8 Å². The van der Waals surface area contributed by atoms with Crippen LogP contribution in [0.4, 0.5) is 5.69 Å². The second kappa shape index (κ2) is 8.09. The lowest BCUT2D eigenvalue weighted by Crippen LogP contribution is -2.40. The van der Waals surface area contributed by atoms with Crippen LogP contribution in [0, 0.1) is 6.92 Å². The Morgan fingerprint density at radius 3 is 2.48 bits per heavy atom. The van der Waals surface area contributed by atoms with Crippen LogP contribution >= 0.6 is 0 Å². The molecule has 0 unspecified atom stereocenters. The summed E-state index contributed by atoms with van der Waals surface area (Å²) in [5.74, 6) is 0.170. The van der Waals surface area contributed by atoms with Gasteiger partial charge < -0.3 is 9.73 Å². The van der Waals surface area contributed by atoms with E-state index in [1.807, 2.05) is 13.0 Å². The largest absolute Gasteiger partial charge is 0.467 e. The van der Waals surface area contributed by atoms with Gasteiger partial charge in [0.15, 0.2) is 0 Å². The van der Waals surface area contributed by atoms with E-state index in [0.29, 0.717) is 11.4 Å². The first-order valence-corrected chi connectivity index (χ1v) is 9.84. The molecule has 6 nitrogen and oxygen atoms in total. The van der Waals surface area contributed by atoms with Crippen molar-refractivity contribution in [2.45, 2.75) is 18.4 Å². The van der Waals surface area contributed by atoms with Crippen molar-refractivity contribution in [3.63, 3.8) is 0 Å². The smallest absolute Gasteiger partial charge is 0.264 e. The molecule has 7 heteroatoms. The van der Waals surface area contributed by atoms with Gasteiger partial charge >= 0.3 is 0 Å². The maximum atomic E-state index is 13.1. The number of rotatable bonds is 7. The van der Waals surface area contributed by atoms with Gasteiger partial charge in [-0.3, -0.25) is 9.10 Å². The number of benzene rings is 2. The summed E-state index contributed by atoms with van der Waals surface area (Å²) in [4.78, 5) is 12.6. The second-order valence-corrected chi connectivity index (χ2v) is 7.88. The van der Waals surface area contributed by atoms with Crippen LogP contribution in [0.3, 0.4) is 0 Å². The minimum atomic E-state index is -3.89. The number of sulfonamides is 1. The molecule has 0 saturated carbocycles. The molecular weight excluding hydrogens is 364 g/mol. The zero-order valence-corrected chi connectivity index (χ0v) is 15.6. The summed E-state index contributed by atoms with van der Waals surface area (Å²) in [7, 11) is -3.89. The first-order chi connectivity index (χ1) is 13.0. The maximum Gasteiger partial charge on any atom is 0.264 e. The minimum Gasteiger partial charge on any atom is -0.467 e. The topological polar surface area (TPSA) is 79.6 Å². The fourth-order valence-electron chi connectivity index (χ4n) is 2.60. The Morgan fingerprint density at radius 2 is 1.81 bits per heavy atom. The fourth-order valence-corrected chi connectivity index (χ4v) is 4.04. The van der Waals surface area contributed by atoms with Gasteiger partial charge in [0.1, 0.15) is 12.3 Å². The molecular formula is C20H20N2O4S. The lowest BCUT2D eigenvalue weighted by molar-refractivity contribution is -0.119. The van der Waals surface area contributed by atoms with Gasteiger partial charge in [-0.1, -0.05) is 30.3 Å². The Kier molecular flexibility index (Phi) is 5.61. The maximum absolute atomic E-state index is 13.1. The van der Waals surface area contributed by atoms with Crippen molar-refractivity contribution in [1.82, 2.24) is 5.32 Å². The molecule has 1 N–H and O–H groups in total. The van der Waals surface area contributed by atoms with Crippen LogP contribution in [-0.2, 0) is 21.4 Å². The zero-order chi connectivity index (χ0) is 19.3. The molecule has 0 atom stereocenters. The summed E-state index contributed by atoms with van der Waals surface area (Å²) in [5.41, 5.74) is 1.34. The standard InChI is InChI=1S/C20H20N2O4S/c1-16-7-5-8-17(13-16)22(27(24,25)19-10-3-2-4-11-19)15-20(23)21-14-18-9-6-12-26-18/h2-13H,14-15H2,1H3,(H,21,23). The molecule has 1 aromatic heterocycles. The van der Waals surface area contributed by atoms with Crippen LogP contribution in [0.25, 0.3) is 0 Å². The predicted molar refractivity (Wildman–Crippen MR) is 103 cm³/mol. The third-order valence-corrected chi connectivity index (χ3v) is 5.74. The van der Waals surface area contributed by atoms with Gasteiger partial charge in [-0.2, -0.15) is 0 Å². The lowest BCUT2D eigenvalue weighted by atomic mass is 10.2. The first-order valence-electron chi connectivity index (χ1n) is 8.40. The Bertz CT molecular complexity index is 999. The summed E-state index contributed by atoms with van der Waals surface area (Å²) in [6, 6.07) is 18.6. The van der Waals surface area contributed by atoms with Crippen LogP contribution < -0.4 is 9.62 Å². The molecule has 0 aliphatic carbocycles. The fraction of sp³-hybridized carbons (Fsp3) is 0.150. The highest BCUT2D eigenvalue weighted by Crippen LogP contribution is 2.24. The Hall–Kier alpha value is -3.06. The van der Waals surface area contributed by atoms with Gasteiger partial charge in [-0.15, -0.1) is 0 Å². The minimum absolute atomic E-state index is 0.130. The Labute approximate surface area is 158 Å². The van der Waals surface area contributed by atoms with E-state index in [-0.39, 0.29) is 18.0 Å². The average Bonchev–Trinajstić information content (AvgIpc) is 3.18. The molecule has 2 aromatic carbocycles. The molecule has 0 spiro atoms. The SMILES string of the molecule is Cc1cccc(N(CC(=O)NCc2ccco2)S(=O)(=O)c2ccccc2)c1. The van der Waals surface area contributed by atoms with Crippen molar-refractivity contribution in [3.05, 3.63) is 84.3 Å². The van der Waals surface area contributed by atoms with Gasteiger partial charge in [0, 0.05) is 0 Å². The van der Waals surface area contributed by atoms with Crippen LogP contribution in [0.2, 0.25) is 0 Å². The quantitative estimate of drug-likeness (QED) is 0.679. The molecule has 0 radical (unpaired) electrons. The molecule has 0 aliphatic rings. The third kappa shape index (κ3) is 4.57. The molecule has 0 saturated heterocycles. The third-order valence-electron chi connectivity index (χ3n) is 3.95. The second-order valence-electron chi connectivity index (χ2n) is 6.02. The molecule has 1 heterocycles. The highest BCUT2D eigenvalue weighted by atomic mass is 32.2. The van der Waals surface area contributed by atoms with E-state index in [0.717, 1.165) is 9.87 Å². The number of hydrogen-bond acceptors (Lipinski definition) is 4. The van der Waals surface area contributed by atoms with E-state index in [4.69, 9.17) is 4.42 Å². The number of furan rings is 1. The van der Waals surface area contributed by atoms with Crippen LogP contribution in [0.5, 0.6) is 0 Å². The molecule has 0 bridgehead atoms. The number of nitrogens with zero attached hydrogens (tertiary/aromatic N) is 1. The Balaban J connectivity index is 1.87. The molecule has 1 amide bonds. The number of carbonyl (C=O) groups is 1. The molecule has 0 aliphatic heterocycles. The number of aryl methyl sites for hydroxylation is 1. The van der Waals surface area contributed by atoms with Crippen LogP contribution in [-0.4, -0.2) is 20.9 Å². The molecule has 27 heavy (non-hydrogen) atoms. The van der Waals surface area contributed by atoms with Crippen molar-refractivity contribution in [2.24, 2.45) is 0 Å². The number of anilines is 1. The average molecular weight is 384 g/mol. The normalized spacial score (nSPS) is 11.1. The van der Waals surface area contributed by atoms with Crippen LogP contribution in [0.1, 0.15) is 11.3 Å². The van der Waals surface area contributed by atoms with Gasteiger partial charge in [0.2, 0.25) is 5.91 Å². The van der Waals surface area contributed by atoms with Crippen molar-refractivity contribution in [1.29, 1.82) is 0 Å². The van der Waals surface area contributed by atoms with E-state index in [9.17, 15) is 13.2 Å². The van der Waals surface area contributed by atoms with E-state index in [1.54, 1.807) is 48.5 Å². The summed E-state index contributed by atoms with van der Waals surface area (Å²) < 4.78 is 32.6.